The standard InChI is InChI=1S/C7H10BO4/c1-4(8)5-6(10)7(11,2-9)3-12-5/h6,9-10H,2-3H2,1H3/q-1/b5-4-/t6?,7-/m0/s1. The van der Waals surface area contributed by atoms with Crippen molar-refractivity contribution in [3.8, 4) is 0 Å². The molecule has 0 aromatic heterocycles. The summed E-state index contributed by atoms with van der Waals surface area (Å²) in [6, 6.07) is 0. The molecule has 0 spiro atoms. The summed E-state index contributed by atoms with van der Waals surface area (Å²) in [6.07, 6.45) is -1.34. The number of aliphatic hydroxyl groups excluding tert-OH is 2. The third kappa shape index (κ3) is 1.35. The first kappa shape index (κ1) is 9.57. The van der Waals surface area contributed by atoms with Gasteiger partial charge in [-0.15, -0.1) is 0 Å². The minimum absolute atomic E-state index is 0.0825. The number of hydrogen-bond donors (Lipinski definition) is 2. The minimum Gasteiger partial charge on any atom is -0.843 e. The van der Waals surface area contributed by atoms with E-state index in [1.54, 1.807) is 0 Å². The van der Waals surface area contributed by atoms with E-state index in [0.717, 1.165) is 0 Å². The van der Waals surface area contributed by atoms with Crippen molar-refractivity contribution < 1.29 is 20.1 Å². The van der Waals surface area contributed by atoms with Crippen molar-refractivity contribution in [2.75, 3.05) is 13.2 Å². The second-order valence-electron chi connectivity index (χ2n) is 2.96. The molecule has 2 radical (unpaired) electrons. The summed E-state index contributed by atoms with van der Waals surface area (Å²) in [4.78, 5) is 0. The van der Waals surface area contributed by atoms with E-state index in [0.29, 0.717) is 0 Å². The fraction of sp³-hybridized carbons (Fsp3) is 0.714. The van der Waals surface area contributed by atoms with Crippen LogP contribution in [0.2, 0.25) is 0 Å². The zero-order chi connectivity index (χ0) is 9.35. The van der Waals surface area contributed by atoms with Crippen LogP contribution in [0, 0.1) is 0 Å². The summed E-state index contributed by atoms with van der Waals surface area (Å²) in [5, 5.41) is 29.4. The van der Waals surface area contributed by atoms with Crippen molar-refractivity contribution in [3.05, 3.63) is 11.2 Å². The van der Waals surface area contributed by atoms with Crippen molar-refractivity contribution in [2.24, 2.45) is 0 Å². The van der Waals surface area contributed by atoms with Crippen molar-refractivity contribution in [1.82, 2.24) is 0 Å². The molecule has 1 rings (SSSR count). The van der Waals surface area contributed by atoms with E-state index in [9.17, 15) is 10.2 Å². The van der Waals surface area contributed by atoms with Gasteiger partial charge in [0.2, 0.25) is 0 Å². The Balaban J connectivity index is 2.88. The predicted molar refractivity (Wildman–Crippen MR) is 40.2 cm³/mol. The van der Waals surface area contributed by atoms with Crippen LogP contribution in [0.1, 0.15) is 6.92 Å². The quantitative estimate of drug-likeness (QED) is 0.439. The van der Waals surface area contributed by atoms with Gasteiger partial charge >= 0.3 is 0 Å². The van der Waals surface area contributed by atoms with Crippen LogP contribution >= 0.6 is 0 Å². The van der Waals surface area contributed by atoms with E-state index < -0.39 is 18.3 Å². The molecule has 5 heteroatoms. The van der Waals surface area contributed by atoms with Gasteiger partial charge in [0.1, 0.15) is 19.7 Å². The first-order valence-electron chi connectivity index (χ1n) is 3.59. The smallest absolute Gasteiger partial charge is 0.113 e. The molecule has 0 aromatic carbocycles. The second-order valence-corrected chi connectivity index (χ2v) is 2.96. The first-order chi connectivity index (χ1) is 5.51. The fourth-order valence-electron chi connectivity index (χ4n) is 1.06. The summed E-state index contributed by atoms with van der Waals surface area (Å²) < 4.78 is 4.87. The molecule has 1 aliphatic heterocycles. The lowest BCUT2D eigenvalue weighted by Gasteiger charge is -2.34. The van der Waals surface area contributed by atoms with Crippen LogP contribution in [0.15, 0.2) is 11.2 Å². The Labute approximate surface area is 71.9 Å². The van der Waals surface area contributed by atoms with Crippen molar-refractivity contribution >= 4 is 7.85 Å². The van der Waals surface area contributed by atoms with Gasteiger partial charge in [-0.3, -0.25) is 0 Å². The van der Waals surface area contributed by atoms with Crippen LogP contribution in [-0.2, 0) is 4.74 Å². The third-order valence-corrected chi connectivity index (χ3v) is 1.87. The van der Waals surface area contributed by atoms with Gasteiger partial charge in [0.15, 0.2) is 0 Å². The minimum atomic E-state index is -1.85. The van der Waals surface area contributed by atoms with Crippen LogP contribution in [0.25, 0.3) is 0 Å². The highest BCUT2D eigenvalue weighted by Gasteiger charge is 2.37. The number of allylic oxidation sites excluding steroid dienone is 1. The Morgan fingerprint density at radius 3 is 2.75 bits per heavy atom. The van der Waals surface area contributed by atoms with Gasteiger partial charge in [-0.2, -0.15) is 0 Å². The molecule has 12 heavy (non-hydrogen) atoms. The summed E-state index contributed by atoms with van der Waals surface area (Å²) in [5.74, 6) is 0.0825. The highest BCUT2D eigenvalue weighted by Crippen LogP contribution is 2.26. The van der Waals surface area contributed by atoms with Gasteiger partial charge < -0.3 is 20.1 Å². The molecule has 2 atom stereocenters. The normalized spacial score (nSPS) is 39.5. The molecule has 2 N–H and O–H groups in total. The molecule has 1 unspecified atom stereocenters. The van der Waals surface area contributed by atoms with Crippen molar-refractivity contribution in [3.63, 3.8) is 0 Å². The molecule has 0 aliphatic carbocycles. The van der Waals surface area contributed by atoms with Gasteiger partial charge in [-0.05, 0) is 12.5 Å². The lowest BCUT2D eigenvalue weighted by molar-refractivity contribution is -0.493. The number of rotatable bonds is 1. The van der Waals surface area contributed by atoms with Gasteiger partial charge in [0.05, 0.1) is 6.61 Å². The van der Waals surface area contributed by atoms with Crippen LogP contribution in [0.4, 0.5) is 0 Å². The SMILES string of the molecule is [B]/C(C)=C1\OC[C@@]([O-])(CO)C1O. The van der Waals surface area contributed by atoms with Crippen LogP contribution in [0.3, 0.4) is 0 Å². The molecule has 1 aliphatic rings. The maximum absolute atomic E-state index is 11.4. The third-order valence-electron chi connectivity index (χ3n) is 1.87. The van der Waals surface area contributed by atoms with Crippen LogP contribution < -0.4 is 5.11 Å². The average Bonchev–Trinajstić information content (AvgIpc) is 2.30. The molecule has 1 saturated heterocycles. The molecule has 0 saturated carbocycles. The lowest BCUT2D eigenvalue weighted by Crippen LogP contribution is -2.56. The van der Waals surface area contributed by atoms with Gasteiger partial charge in [-0.25, -0.2) is 0 Å². The summed E-state index contributed by atoms with van der Waals surface area (Å²) in [7, 11) is 5.34. The predicted octanol–water partition coefficient (Wildman–Crippen LogP) is -2.13. The highest BCUT2D eigenvalue weighted by molar-refractivity contribution is 6.21. The highest BCUT2D eigenvalue weighted by atomic mass is 16.5. The largest absolute Gasteiger partial charge is 0.843 e. The lowest BCUT2D eigenvalue weighted by atomic mass is 9.91. The van der Waals surface area contributed by atoms with Crippen LogP contribution in [-0.4, -0.2) is 43.0 Å². The molecule has 0 amide bonds. The Morgan fingerprint density at radius 1 is 1.92 bits per heavy atom. The Kier molecular flexibility index (Phi) is 2.46. The molecule has 4 nitrogen and oxygen atoms in total. The van der Waals surface area contributed by atoms with E-state index >= 15 is 0 Å². The van der Waals surface area contributed by atoms with Gasteiger partial charge in [0, 0.05) is 6.61 Å². The number of hydrogen-bond acceptors (Lipinski definition) is 4. The zero-order valence-corrected chi connectivity index (χ0v) is 6.78. The van der Waals surface area contributed by atoms with Gasteiger partial charge in [-0.1, -0.05) is 5.47 Å². The summed E-state index contributed by atoms with van der Waals surface area (Å²) in [5.41, 5.74) is -1.58. The van der Waals surface area contributed by atoms with E-state index in [-0.39, 0.29) is 17.8 Å². The molecule has 66 valence electrons. The Morgan fingerprint density at radius 2 is 2.50 bits per heavy atom. The molecule has 1 heterocycles. The van der Waals surface area contributed by atoms with E-state index in [1.165, 1.54) is 6.92 Å². The maximum atomic E-state index is 11.4. The van der Waals surface area contributed by atoms with Crippen molar-refractivity contribution in [1.29, 1.82) is 0 Å². The van der Waals surface area contributed by atoms with Gasteiger partial charge in [0.25, 0.3) is 0 Å². The number of ether oxygens (including phenoxy) is 1. The summed E-state index contributed by atoms with van der Waals surface area (Å²) >= 11 is 0. The van der Waals surface area contributed by atoms with Crippen molar-refractivity contribution in [2.45, 2.75) is 18.6 Å². The van der Waals surface area contributed by atoms with Crippen LogP contribution in [0.5, 0.6) is 0 Å². The monoisotopic (exact) mass is 169 g/mol. The Bertz CT molecular complexity index is 211. The first-order valence-corrected chi connectivity index (χ1v) is 3.59. The van der Waals surface area contributed by atoms with E-state index in [2.05, 4.69) is 0 Å². The van der Waals surface area contributed by atoms with E-state index in [4.69, 9.17) is 17.7 Å². The second kappa shape index (κ2) is 3.09. The summed E-state index contributed by atoms with van der Waals surface area (Å²) in [6.45, 7) is 0.626. The topological polar surface area (TPSA) is 72.8 Å². The fourth-order valence-corrected chi connectivity index (χ4v) is 1.06. The molecule has 0 bridgehead atoms. The molecule has 0 aromatic rings. The number of aliphatic hydroxyl groups is 2. The molecular formula is C7H10BO4-. The maximum Gasteiger partial charge on any atom is 0.113 e. The molecule has 1 fully saturated rings. The average molecular weight is 169 g/mol. The molecular weight excluding hydrogens is 159 g/mol. The Hall–Kier alpha value is -0.515. The van der Waals surface area contributed by atoms with E-state index in [1.807, 2.05) is 0 Å². The zero-order valence-electron chi connectivity index (χ0n) is 6.78.